The van der Waals surface area contributed by atoms with Crippen LogP contribution in [-0.4, -0.2) is 12.6 Å². The number of rotatable bonds is 4. The fourth-order valence-corrected chi connectivity index (χ4v) is 3.08. The van der Waals surface area contributed by atoms with Gasteiger partial charge in [-0.1, -0.05) is 43.7 Å². The Balaban J connectivity index is 2.02. The molecule has 2 heterocycles. The normalized spacial score (nSPS) is 24.3. The van der Waals surface area contributed by atoms with Crippen molar-refractivity contribution in [1.29, 1.82) is 0 Å². The third-order valence-corrected chi connectivity index (χ3v) is 4.41. The van der Waals surface area contributed by atoms with Gasteiger partial charge in [-0.15, -0.1) is 0 Å². The lowest BCUT2D eigenvalue weighted by Crippen LogP contribution is -2.43. The van der Waals surface area contributed by atoms with E-state index < -0.39 is 0 Å². The first-order valence-electron chi connectivity index (χ1n) is 7.60. The molecule has 3 rings (SSSR count). The van der Waals surface area contributed by atoms with Crippen LogP contribution in [0.2, 0.25) is 0 Å². The molecule has 0 fully saturated rings. The summed E-state index contributed by atoms with van der Waals surface area (Å²) in [6, 6.07) is 10.4. The minimum absolute atomic E-state index is 0.207. The molecule has 0 spiro atoms. The van der Waals surface area contributed by atoms with Crippen LogP contribution in [0.15, 0.2) is 53.3 Å². The van der Waals surface area contributed by atoms with E-state index >= 15 is 0 Å². The Labute approximate surface area is 125 Å². The zero-order valence-electron chi connectivity index (χ0n) is 12.6. The lowest BCUT2D eigenvalue weighted by molar-refractivity contribution is -0.135. The van der Waals surface area contributed by atoms with Crippen LogP contribution in [0, 0.1) is 0 Å². The molecule has 21 heavy (non-hydrogen) atoms. The van der Waals surface area contributed by atoms with Crippen LogP contribution >= 0.6 is 0 Å². The summed E-state index contributed by atoms with van der Waals surface area (Å²) < 4.78 is 5.16. The molecule has 0 saturated carbocycles. The van der Waals surface area contributed by atoms with Crippen LogP contribution in [0.3, 0.4) is 0 Å². The number of carbonyl (C=O) groups excluding carboxylic acids is 1. The molecule has 1 aromatic carbocycles. The Kier molecular flexibility index (Phi) is 3.58. The molecule has 0 amide bonds. The second-order valence-electron chi connectivity index (χ2n) is 5.86. The predicted octanol–water partition coefficient (Wildman–Crippen LogP) is 3.43. The van der Waals surface area contributed by atoms with Gasteiger partial charge in [0, 0.05) is 0 Å². The van der Waals surface area contributed by atoms with Gasteiger partial charge < -0.3 is 10.1 Å². The fourth-order valence-electron chi connectivity index (χ4n) is 3.08. The molecule has 3 nitrogen and oxygen atoms in total. The summed E-state index contributed by atoms with van der Waals surface area (Å²) in [5, 5.41) is 3.56. The number of unbranched alkanes of at least 4 members (excludes halogenated alkanes) is 1. The first-order chi connectivity index (χ1) is 10.1. The molecule has 110 valence electrons. The van der Waals surface area contributed by atoms with Gasteiger partial charge >= 0.3 is 5.97 Å². The van der Waals surface area contributed by atoms with Gasteiger partial charge in [0.25, 0.3) is 0 Å². The van der Waals surface area contributed by atoms with Crippen LogP contribution in [0.1, 0.15) is 38.7 Å². The molecule has 0 aromatic heterocycles. The lowest BCUT2D eigenvalue weighted by atomic mass is 9.78. The van der Waals surface area contributed by atoms with E-state index in [1.54, 1.807) is 0 Å². The molecule has 1 atom stereocenters. The average Bonchev–Trinajstić information content (AvgIpc) is 2.86. The average molecular weight is 283 g/mol. The number of hydrogen-bond donors (Lipinski definition) is 1. The summed E-state index contributed by atoms with van der Waals surface area (Å²) in [6.45, 7) is 4.73. The van der Waals surface area contributed by atoms with Crippen molar-refractivity contribution in [3.05, 3.63) is 58.8 Å². The standard InChI is InChI=1S/C18H21NO2/c1-3-4-8-14-11-15-16(12-21-17(15)20)19-18(14,2)13-9-6-5-7-10-13/h5-7,9-11,19H,3-4,8,12H2,1-2H3. The van der Waals surface area contributed by atoms with Gasteiger partial charge in [0.1, 0.15) is 6.61 Å². The number of dihydropyridines is 1. The third kappa shape index (κ3) is 2.37. The molecule has 1 aromatic rings. The first-order valence-corrected chi connectivity index (χ1v) is 7.60. The number of ether oxygens (including phenoxy) is 1. The smallest absolute Gasteiger partial charge is 0.340 e. The maximum Gasteiger partial charge on any atom is 0.340 e. The maximum absolute atomic E-state index is 11.8. The van der Waals surface area contributed by atoms with Crippen LogP contribution in [0.5, 0.6) is 0 Å². The van der Waals surface area contributed by atoms with Crippen LogP contribution in [-0.2, 0) is 15.1 Å². The van der Waals surface area contributed by atoms with E-state index in [-0.39, 0.29) is 11.5 Å². The fraction of sp³-hybridized carbons (Fsp3) is 0.389. The van der Waals surface area contributed by atoms with Gasteiger partial charge in [0.05, 0.1) is 16.8 Å². The van der Waals surface area contributed by atoms with Crippen molar-refractivity contribution in [2.75, 3.05) is 6.61 Å². The van der Waals surface area contributed by atoms with Crippen LogP contribution in [0.4, 0.5) is 0 Å². The van der Waals surface area contributed by atoms with Crippen molar-refractivity contribution in [3.8, 4) is 0 Å². The van der Waals surface area contributed by atoms with E-state index in [1.165, 1.54) is 11.1 Å². The van der Waals surface area contributed by atoms with E-state index in [0.717, 1.165) is 25.0 Å². The Morgan fingerprint density at radius 3 is 2.76 bits per heavy atom. The number of cyclic esters (lactones) is 1. The van der Waals surface area contributed by atoms with E-state index in [2.05, 4.69) is 43.4 Å². The number of carbonyl (C=O) groups is 1. The molecule has 1 unspecified atom stereocenters. The summed E-state index contributed by atoms with van der Waals surface area (Å²) in [4.78, 5) is 11.8. The molecule has 1 N–H and O–H groups in total. The zero-order chi connectivity index (χ0) is 14.9. The summed E-state index contributed by atoms with van der Waals surface area (Å²) in [5.41, 5.74) is 3.83. The third-order valence-electron chi connectivity index (χ3n) is 4.41. The second kappa shape index (κ2) is 5.40. The number of esters is 1. The maximum atomic E-state index is 11.8. The van der Waals surface area contributed by atoms with Crippen molar-refractivity contribution in [3.63, 3.8) is 0 Å². The van der Waals surface area contributed by atoms with Gasteiger partial charge in [-0.25, -0.2) is 4.79 Å². The van der Waals surface area contributed by atoms with Gasteiger partial charge in [0.15, 0.2) is 0 Å². The minimum Gasteiger partial charge on any atom is -0.456 e. The Morgan fingerprint density at radius 1 is 1.29 bits per heavy atom. The highest BCUT2D eigenvalue weighted by Crippen LogP contribution is 2.39. The quantitative estimate of drug-likeness (QED) is 0.860. The molecule has 0 saturated heterocycles. The van der Waals surface area contributed by atoms with Gasteiger partial charge in [0.2, 0.25) is 0 Å². The molecule has 0 bridgehead atoms. The van der Waals surface area contributed by atoms with Gasteiger partial charge in [-0.05, 0) is 37.0 Å². The number of nitrogens with one attached hydrogen (secondary N) is 1. The Hall–Kier alpha value is -2.03. The number of hydrogen-bond acceptors (Lipinski definition) is 3. The lowest BCUT2D eigenvalue weighted by Gasteiger charge is -2.38. The van der Waals surface area contributed by atoms with Crippen LogP contribution in [0.25, 0.3) is 0 Å². The van der Waals surface area contributed by atoms with E-state index in [9.17, 15) is 4.79 Å². The highest BCUT2D eigenvalue weighted by atomic mass is 16.5. The first kappa shape index (κ1) is 13.9. The van der Waals surface area contributed by atoms with E-state index in [4.69, 9.17) is 4.74 Å². The van der Waals surface area contributed by atoms with Crippen molar-refractivity contribution in [2.24, 2.45) is 0 Å². The van der Waals surface area contributed by atoms with E-state index in [0.29, 0.717) is 12.2 Å². The Bertz CT molecular complexity index is 615. The summed E-state index contributed by atoms with van der Waals surface area (Å²) in [6.07, 6.45) is 5.29. The largest absolute Gasteiger partial charge is 0.456 e. The van der Waals surface area contributed by atoms with Crippen molar-refractivity contribution >= 4 is 5.97 Å². The topological polar surface area (TPSA) is 38.3 Å². The highest BCUT2D eigenvalue weighted by molar-refractivity contribution is 5.95. The molecule has 0 aliphatic carbocycles. The predicted molar refractivity (Wildman–Crippen MR) is 82.5 cm³/mol. The van der Waals surface area contributed by atoms with Gasteiger partial charge in [-0.3, -0.25) is 0 Å². The molecular weight excluding hydrogens is 262 g/mol. The van der Waals surface area contributed by atoms with Gasteiger partial charge in [-0.2, -0.15) is 0 Å². The summed E-state index contributed by atoms with van der Waals surface area (Å²) >= 11 is 0. The molecule has 3 heteroatoms. The second-order valence-corrected chi connectivity index (χ2v) is 5.86. The van der Waals surface area contributed by atoms with E-state index in [1.807, 2.05) is 12.1 Å². The van der Waals surface area contributed by atoms with Crippen molar-refractivity contribution in [2.45, 2.75) is 38.6 Å². The summed E-state index contributed by atoms with van der Waals surface area (Å²) in [5.74, 6) is -0.207. The minimum atomic E-state index is -0.261. The monoisotopic (exact) mass is 283 g/mol. The summed E-state index contributed by atoms with van der Waals surface area (Å²) in [7, 11) is 0. The van der Waals surface area contributed by atoms with Crippen molar-refractivity contribution in [1.82, 2.24) is 5.32 Å². The molecular formula is C18H21NO2. The SMILES string of the molecule is CCCCC1=CC2=C(COC2=O)NC1(C)c1ccccc1. The molecule has 2 aliphatic heterocycles. The zero-order valence-corrected chi connectivity index (χ0v) is 12.6. The molecule has 0 radical (unpaired) electrons. The molecule has 2 aliphatic rings. The van der Waals surface area contributed by atoms with Crippen LogP contribution < -0.4 is 5.32 Å². The van der Waals surface area contributed by atoms with Crippen molar-refractivity contribution < 1.29 is 9.53 Å². The Morgan fingerprint density at radius 2 is 2.05 bits per heavy atom. The number of benzene rings is 1. The highest BCUT2D eigenvalue weighted by Gasteiger charge is 2.39.